The first-order chi connectivity index (χ1) is 5.24. The topological polar surface area (TPSA) is 47.2 Å². The summed E-state index contributed by atoms with van der Waals surface area (Å²) in [7, 11) is 0. The van der Waals surface area contributed by atoms with Crippen LogP contribution >= 0.6 is 0 Å². The molecule has 0 spiro atoms. The maximum absolute atomic E-state index is 9.82. The molecular weight excluding hydrogens is 142 g/mol. The van der Waals surface area contributed by atoms with E-state index in [2.05, 4.69) is 10.1 Å². The zero-order valence-electron chi connectivity index (χ0n) is 6.48. The summed E-state index contributed by atoms with van der Waals surface area (Å²) in [4.78, 5) is 13.2. The van der Waals surface area contributed by atoms with E-state index in [9.17, 15) is 4.79 Å². The molecule has 0 amide bonds. The highest BCUT2D eigenvalue weighted by molar-refractivity contribution is 5.46. The molecule has 0 aliphatic heterocycles. The molecule has 0 radical (unpaired) electrons. The molecule has 0 aliphatic carbocycles. The van der Waals surface area contributed by atoms with Gasteiger partial charge in [-0.05, 0) is 13.8 Å². The Labute approximate surface area is 64.6 Å². The fourth-order valence-electron chi connectivity index (χ4n) is 0.721. The first kappa shape index (κ1) is 7.69. The van der Waals surface area contributed by atoms with Crippen molar-refractivity contribution in [1.29, 1.82) is 0 Å². The van der Waals surface area contributed by atoms with E-state index in [1.807, 2.05) is 13.8 Å². The van der Waals surface area contributed by atoms with Crippen LogP contribution in [0.25, 0.3) is 0 Å². The van der Waals surface area contributed by atoms with Crippen LogP contribution in [0.15, 0.2) is 17.4 Å². The number of aliphatic imine (C=N–C) groups is 1. The fraction of sp³-hybridized carbons (Fsp3) is 0.429. The van der Waals surface area contributed by atoms with Gasteiger partial charge < -0.3 is 0 Å². The summed E-state index contributed by atoms with van der Waals surface area (Å²) in [6.45, 7) is 4.00. The smallest absolute Gasteiger partial charge is 0.240 e. The van der Waals surface area contributed by atoms with Gasteiger partial charge in [-0.15, -0.1) is 0 Å². The lowest BCUT2D eigenvalue weighted by molar-refractivity contribution is 0.532. The van der Waals surface area contributed by atoms with Crippen LogP contribution in [-0.4, -0.2) is 15.9 Å². The molecule has 0 saturated carbocycles. The molecule has 0 bridgehead atoms. The second-order valence-electron chi connectivity index (χ2n) is 2.48. The van der Waals surface area contributed by atoms with E-state index in [4.69, 9.17) is 0 Å². The Kier molecular flexibility index (Phi) is 2.18. The summed E-state index contributed by atoms with van der Waals surface area (Å²) in [6.07, 6.45) is 4.69. The zero-order valence-corrected chi connectivity index (χ0v) is 6.48. The van der Waals surface area contributed by atoms with Crippen molar-refractivity contribution in [2.24, 2.45) is 4.99 Å². The van der Waals surface area contributed by atoms with Gasteiger partial charge in [0.05, 0.1) is 12.4 Å². The summed E-state index contributed by atoms with van der Waals surface area (Å²) >= 11 is 0. The van der Waals surface area contributed by atoms with Crippen LogP contribution in [0.2, 0.25) is 0 Å². The average molecular weight is 151 g/mol. The lowest BCUT2D eigenvalue weighted by Gasteiger charge is -2.01. The Hall–Kier alpha value is -1.41. The summed E-state index contributed by atoms with van der Waals surface area (Å²) in [6, 6.07) is 0.297. The van der Waals surface area contributed by atoms with E-state index in [1.165, 1.54) is 12.3 Å². The molecule has 0 fully saturated rings. The van der Waals surface area contributed by atoms with E-state index in [0.717, 1.165) is 0 Å². The molecule has 1 aromatic rings. The van der Waals surface area contributed by atoms with Crippen molar-refractivity contribution >= 4 is 11.8 Å². The normalized spacial score (nSPS) is 9.73. The molecule has 0 unspecified atom stereocenters. The maximum atomic E-state index is 9.82. The summed E-state index contributed by atoms with van der Waals surface area (Å²) < 4.78 is 1.73. The number of hydrogen-bond acceptors (Lipinski definition) is 3. The Morgan fingerprint density at radius 2 is 2.45 bits per heavy atom. The van der Waals surface area contributed by atoms with Gasteiger partial charge in [0, 0.05) is 6.04 Å². The number of nitrogens with zero attached hydrogens (tertiary/aromatic N) is 3. The first-order valence-corrected chi connectivity index (χ1v) is 3.36. The highest BCUT2D eigenvalue weighted by Crippen LogP contribution is 2.11. The average Bonchev–Trinajstić information content (AvgIpc) is 2.37. The van der Waals surface area contributed by atoms with Crippen LogP contribution in [0.3, 0.4) is 0 Å². The SMILES string of the molecule is CC(C)n1cc(N=C=O)cn1. The monoisotopic (exact) mass is 151 g/mol. The van der Waals surface area contributed by atoms with Gasteiger partial charge in [-0.2, -0.15) is 10.1 Å². The van der Waals surface area contributed by atoms with Gasteiger partial charge in [0.15, 0.2) is 0 Å². The Morgan fingerprint density at radius 1 is 1.73 bits per heavy atom. The van der Waals surface area contributed by atoms with Crippen LogP contribution in [0.1, 0.15) is 19.9 Å². The zero-order chi connectivity index (χ0) is 8.27. The minimum Gasteiger partial charge on any atom is -0.268 e. The first-order valence-electron chi connectivity index (χ1n) is 3.36. The van der Waals surface area contributed by atoms with Crippen molar-refractivity contribution < 1.29 is 4.79 Å². The molecule has 0 aliphatic rings. The molecule has 1 heterocycles. The molecule has 11 heavy (non-hydrogen) atoms. The molecular formula is C7H9N3O. The largest absolute Gasteiger partial charge is 0.268 e. The van der Waals surface area contributed by atoms with Gasteiger partial charge in [0.2, 0.25) is 6.08 Å². The predicted molar refractivity (Wildman–Crippen MR) is 40.4 cm³/mol. The molecule has 1 aromatic heterocycles. The van der Waals surface area contributed by atoms with Crippen LogP contribution in [0.4, 0.5) is 5.69 Å². The van der Waals surface area contributed by atoms with Gasteiger partial charge >= 0.3 is 0 Å². The molecule has 0 aromatic carbocycles. The van der Waals surface area contributed by atoms with Gasteiger partial charge in [-0.25, -0.2) is 4.79 Å². The predicted octanol–water partition coefficient (Wildman–Crippen LogP) is 1.43. The van der Waals surface area contributed by atoms with Gasteiger partial charge in [0.1, 0.15) is 5.69 Å². The Morgan fingerprint density at radius 3 is 2.91 bits per heavy atom. The van der Waals surface area contributed by atoms with Crippen molar-refractivity contribution in [3.63, 3.8) is 0 Å². The molecule has 4 heteroatoms. The van der Waals surface area contributed by atoms with Crippen LogP contribution in [0, 0.1) is 0 Å². The molecule has 1 rings (SSSR count). The molecule has 58 valence electrons. The minimum absolute atomic E-state index is 0.297. The van der Waals surface area contributed by atoms with Crippen molar-refractivity contribution in [3.8, 4) is 0 Å². The van der Waals surface area contributed by atoms with Crippen LogP contribution in [-0.2, 0) is 4.79 Å². The number of hydrogen-bond donors (Lipinski definition) is 0. The van der Waals surface area contributed by atoms with E-state index in [1.54, 1.807) is 10.9 Å². The van der Waals surface area contributed by atoms with Crippen molar-refractivity contribution in [2.75, 3.05) is 0 Å². The summed E-state index contributed by atoms with van der Waals surface area (Å²) in [5.74, 6) is 0. The van der Waals surface area contributed by atoms with Gasteiger partial charge in [0.25, 0.3) is 0 Å². The van der Waals surface area contributed by atoms with Gasteiger partial charge in [-0.1, -0.05) is 0 Å². The molecule has 0 saturated heterocycles. The van der Waals surface area contributed by atoms with Crippen molar-refractivity contribution in [3.05, 3.63) is 12.4 Å². The second kappa shape index (κ2) is 3.12. The third kappa shape index (κ3) is 1.75. The lowest BCUT2D eigenvalue weighted by atomic mass is 10.4. The standard InChI is InChI=1S/C7H9N3O/c1-6(2)10-4-7(3-9-10)8-5-11/h3-4,6H,1-2H3. The third-order valence-corrected chi connectivity index (χ3v) is 1.29. The van der Waals surface area contributed by atoms with Crippen LogP contribution < -0.4 is 0 Å². The number of rotatable bonds is 2. The number of carbonyl (C=O) groups excluding carboxylic acids is 1. The highest BCUT2D eigenvalue weighted by Gasteiger charge is 1.98. The van der Waals surface area contributed by atoms with Crippen molar-refractivity contribution in [1.82, 2.24) is 9.78 Å². The molecule has 0 N–H and O–H groups in total. The van der Waals surface area contributed by atoms with Crippen LogP contribution in [0.5, 0.6) is 0 Å². The fourth-order valence-corrected chi connectivity index (χ4v) is 0.721. The summed E-state index contributed by atoms with van der Waals surface area (Å²) in [5, 5.41) is 3.98. The van der Waals surface area contributed by atoms with E-state index < -0.39 is 0 Å². The van der Waals surface area contributed by atoms with Gasteiger partial charge in [-0.3, -0.25) is 4.68 Å². The number of isocyanates is 1. The lowest BCUT2D eigenvalue weighted by Crippen LogP contribution is -1.99. The summed E-state index contributed by atoms with van der Waals surface area (Å²) in [5.41, 5.74) is 0.550. The van der Waals surface area contributed by atoms with E-state index >= 15 is 0 Å². The van der Waals surface area contributed by atoms with Crippen molar-refractivity contribution in [2.45, 2.75) is 19.9 Å². The maximum Gasteiger partial charge on any atom is 0.240 e. The van der Waals surface area contributed by atoms with E-state index in [-0.39, 0.29) is 0 Å². The van der Waals surface area contributed by atoms with E-state index in [0.29, 0.717) is 11.7 Å². The highest BCUT2D eigenvalue weighted by atomic mass is 16.1. The molecule has 4 nitrogen and oxygen atoms in total. The number of aromatic nitrogens is 2. The quantitative estimate of drug-likeness (QED) is 0.474. The molecule has 0 atom stereocenters. The minimum atomic E-state index is 0.297. The Bertz CT molecular complexity index is 284. The second-order valence-corrected chi connectivity index (χ2v) is 2.48. The Balaban J connectivity index is 2.90. The third-order valence-electron chi connectivity index (χ3n) is 1.29.